The summed E-state index contributed by atoms with van der Waals surface area (Å²) in [4.78, 5) is 0. The lowest BCUT2D eigenvalue weighted by atomic mass is 10.2. The van der Waals surface area contributed by atoms with Gasteiger partial charge in [0.2, 0.25) is 0 Å². The maximum absolute atomic E-state index is 9.10. The van der Waals surface area contributed by atoms with Crippen molar-refractivity contribution in [1.29, 1.82) is 0 Å². The highest BCUT2D eigenvalue weighted by Crippen LogP contribution is 2.09. The lowest BCUT2D eigenvalue weighted by molar-refractivity contribution is 0.475. The molecule has 0 spiro atoms. The number of phenols is 1. The molecule has 1 aromatic carbocycles. The predicted octanol–water partition coefficient (Wildman–Crippen LogP) is 2.63. The van der Waals surface area contributed by atoms with Crippen LogP contribution in [0, 0.1) is 0 Å². The van der Waals surface area contributed by atoms with E-state index in [2.05, 4.69) is 12.2 Å². The van der Waals surface area contributed by atoms with E-state index in [1.807, 2.05) is 23.9 Å². The first-order valence-electron chi connectivity index (χ1n) is 5.39. The van der Waals surface area contributed by atoms with Crippen molar-refractivity contribution in [2.75, 3.05) is 18.1 Å². The van der Waals surface area contributed by atoms with Crippen LogP contribution in [0.2, 0.25) is 0 Å². The molecule has 2 N–H and O–H groups in total. The third kappa shape index (κ3) is 5.70. The van der Waals surface area contributed by atoms with Gasteiger partial charge < -0.3 is 10.4 Å². The molecule has 2 nitrogen and oxygen atoms in total. The minimum absolute atomic E-state index is 0.332. The number of aromatic hydroxyl groups is 1. The number of hydrogen-bond donors (Lipinski definition) is 2. The molecule has 0 atom stereocenters. The van der Waals surface area contributed by atoms with Crippen LogP contribution in [-0.2, 0) is 6.54 Å². The monoisotopic (exact) mass is 225 g/mol. The Morgan fingerprint density at radius 3 is 2.67 bits per heavy atom. The fourth-order valence-corrected chi connectivity index (χ4v) is 1.93. The highest BCUT2D eigenvalue weighted by Gasteiger charge is 1.93. The standard InChI is InChI=1S/C12H19NOS/c1-2-15-9-3-8-13-10-11-4-6-12(14)7-5-11/h4-7,13-14H,2-3,8-10H2,1H3. The van der Waals surface area contributed by atoms with Gasteiger partial charge in [-0.1, -0.05) is 19.1 Å². The highest BCUT2D eigenvalue weighted by atomic mass is 32.2. The van der Waals surface area contributed by atoms with Gasteiger partial charge >= 0.3 is 0 Å². The second-order valence-corrected chi connectivity index (χ2v) is 4.79. The summed E-state index contributed by atoms with van der Waals surface area (Å²) in [6.45, 7) is 4.14. The molecule has 0 radical (unpaired) electrons. The zero-order valence-electron chi connectivity index (χ0n) is 9.20. The van der Waals surface area contributed by atoms with E-state index >= 15 is 0 Å². The van der Waals surface area contributed by atoms with Crippen LogP contribution < -0.4 is 5.32 Å². The van der Waals surface area contributed by atoms with E-state index in [1.165, 1.54) is 23.5 Å². The number of benzene rings is 1. The Kier molecular flexibility index (Phi) is 6.28. The van der Waals surface area contributed by atoms with E-state index in [4.69, 9.17) is 5.11 Å². The largest absolute Gasteiger partial charge is 0.508 e. The molecule has 0 saturated carbocycles. The van der Waals surface area contributed by atoms with Crippen molar-refractivity contribution in [2.45, 2.75) is 19.9 Å². The fourth-order valence-electron chi connectivity index (χ4n) is 1.29. The molecule has 0 fully saturated rings. The molecule has 0 amide bonds. The molecule has 0 saturated heterocycles. The van der Waals surface area contributed by atoms with Crippen LogP contribution >= 0.6 is 11.8 Å². The molecule has 0 unspecified atom stereocenters. The van der Waals surface area contributed by atoms with Crippen molar-refractivity contribution in [1.82, 2.24) is 5.32 Å². The van der Waals surface area contributed by atoms with E-state index in [0.717, 1.165) is 13.1 Å². The smallest absolute Gasteiger partial charge is 0.115 e. The van der Waals surface area contributed by atoms with Crippen LogP contribution in [-0.4, -0.2) is 23.2 Å². The second-order valence-electron chi connectivity index (χ2n) is 3.39. The summed E-state index contributed by atoms with van der Waals surface area (Å²) >= 11 is 1.98. The van der Waals surface area contributed by atoms with Crippen LogP contribution in [0.5, 0.6) is 5.75 Å². The Hall–Kier alpha value is -0.670. The van der Waals surface area contributed by atoms with E-state index in [1.54, 1.807) is 12.1 Å². The molecule has 0 aliphatic rings. The van der Waals surface area contributed by atoms with E-state index in [-0.39, 0.29) is 0 Å². The quantitative estimate of drug-likeness (QED) is 0.700. The van der Waals surface area contributed by atoms with E-state index < -0.39 is 0 Å². The van der Waals surface area contributed by atoms with Crippen molar-refractivity contribution in [2.24, 2.45) is 0 Å². The normalized spacial score (nSPS) is 10.5. The van der Waals surface area contributed by atoms with Crippen molar-refractivity contribution in [3.63, 3.8) is 0 Å². The lowest BCUT2D eigenvalue weighted by Crippen LogP contribution is -2.15. The van der Waals surface area contributed by atoms with Gasteiger partial charge in [-0.05, 0) is 42.2 Å². The Balaban J connectivity index is 2.07. The SMILES string of the molecule is CCSCCCNCc1ccc(O)cc1. The van der Waals surface area contributed by atoms with Crippen molar-refractivity contribution >= 4 is 11.8 Å². The van der Waals surface area contributed by atoms with Gasteiger partial charge in [0, 0.05) is 6.54 Å². The summed E-state index contributed by atoms with van der Waals surface area (Å²) in [5.41, 5.74) is 1.22. The van der Waals surface area contributed by atoms with Gasteiger partial charge in [0.25, 0.3) is 0 Å². The summed E-state index contributed by atoms with van der Waals surface area (Å²) in [6, 6.07) is 7.35. The summed E-state index contributed by atoms with van der Waals surface area (Å²) in [5.74, 6) is 2.77. The maximum Gasteiger partial charge on any atom is 0.115 e. The fraction of sp³-hybridized carbons (Fsp3) is 0.500. The van der Waals surface area contributed by atoms with E-state index in [9.17, 15) is 0 Å². The molecule has 0 aromatic heterocycles. The van der Waals surface area contributed by atoms with Gasteiger partial charge in [-0.15, -0.1) is 0 Å². The summed E-state index contributed by atoms with van der Waals surface area (Å²) < 4.78 is 0. The van der Waals surface area contributed by atoms with Gasteiger partial charge in [-0.2, -0.15) is 11.8 Å². The molecular formula is C12H19NOS. The first kappa shape index (κ1) is 12.4. The molecular weight excluding hydrogens is 206 g/mol. The number of phenolic OH excluding ortho intramolecular Hbond substituents is 1. The second kappa shape index (κ2) is 7.60. The zero-order chi connectivity index (χ0) is 10.9. The third-order valence-electron chi connectivity index (χ3n) is 2.11. The Morgan fingerprint density at radius 2 is 2.00 bits per heavy atom. The average Bonchev–Trinajstić information content (AvgIpc) is 2.26. The molecule has 84 valence electrons. The minimum Gasteiger partial charge on any atom is -0.508 e. The molecule has 1 aromatic rings. The number of rotatable bonds is 7. The van der Waals surface area contributed by atoms with Crippen LogP contribution in [0.4, 0.5) is 0 Å². The van der Waals surface area contributed by atoms with Gasteiger partial charge in [0.1, 0.15) is 5.75 Å². The van der Waals surface area contributed by atoms with Gasteiger partial charge in [-0.3, -0.25) is 0 Å². The molecule has 0 heterocycles. The molecule has 0 bridgehead atoms. The first-order valence-corrected chi connectivity index (χ1v) is 6.54. The van der Waals surface area contributed by atoms with Crippen molar-refractivity contribution in [3.05, 3.63) is 29.8 Å². The Bertz CT molecular complexity index is 261. The Morgan fingerprint density at radius 1 is 1.27 bits per heavy atom. The van der Waals surface area contributed by atoms with Crippen LogP contribution in [0.1, 0.15) is 18.9 Å². The van der Waals surface area contributed by atoms with Crippen LogP contribution in [0.3, 0.4) is 0 Å². The topological polar surface area (TPSA) is 32.3 Å². The molecule has 15 heavy (non-hydrogen) atoms. The van der Waals surface area contributed by atoms with E-state index in [0.29, 0.717) is 5.75 Å². The average molecular weight is 225 g/mol. The van der Waals surface area contributed by atoms with Gasteiger partial charge in [-0.25, -0.2) is 0 Å². The molecule has 0 aliphatic heterocycles. The third-order valence-corrected chi connectivity index (χ3v) is 3.10. The number of thioether (sulfide) groups is 1. The van der Waals surface area contributed by atoms with Crippen LogP contribution in [0.15, 0.2) is 24.3 Å². The predicted molar refractivity (Wildman–Crippen MR) is 67.4 cm³/mol. The highest BCUT2D eigenvalue weighted by molar-refractivity contribution is 7.99. The van der Waals surface area contributed by atoms with Gasteiger partial charge in [0.05, 0.1) is 0 Å². The lowest BCUT2D eigenvalue weighted by Gasteiger charge is -2.04. The van der Waals surface area contributed by atoms with Crippen molar-refractivity contribution < 1.29 is 5.11 Å². The Labute approximate surface area is 96.1 Å². The van der Waals surface area contributed by atoms with Gasteiger partial charge in [0.15, 0.2) is 0 Å². The zero-order valence-corrected chi connectivity index (χ0v) is 10.0. The molecule has 0 aliphatic carbocycles. The summed E-state index contributed by atoms with van der Waals surface area (Å²) in [7, 11) is 0. The maximum atomic E-state index is 9.10. The number of hydrogen-bond acceptors (Lipinski definition) is 3. The van der Waals surface area contributed by atoms with Crippen LogP contribution in [0.25, 0.3) is 0 Å². The first-order chi connectivity index (χ1) is 7.33. The molecule has 3 heteroatoms. The number of nitrogens with one attached hydrogen (secondary N) is 1. The summed E-state index contributed by atoms with van der Waals surface area (Å²) in [5, 5.41) is 12.5. The summed E-state index contributed by atoms with van der Waals surface area (Å²) in [6.07, 6.45) is 1.22. The minimum atomic E-state index is 0.332. The molecule has 1 rings (SSSR count). The van der Waals surface area contributed by atoms with Crippen molar-refractivity contribution in [3.8, 4) is 5.75 Å².